The van der Waals surface area contributed by atoms with Crippen molar-refractivity contribution in [2.45, 2.75) is 37.3 Å². The van der Waals surface area contributed by atoms with Gasteiger partial charge in [-0.3, -0.25) is 15.0 Å². The highest BCUT2D eigenvalue weighted by atomic mass is 32.2. The van der Waals surface area contributed by atoms with Crippen LogP contribution in [0.25, 0.3) is 5.69 Å². The first-order valence-electron chi connectivity index (χ1n) is 8.76. The topological polar surface area (TPSA) is 131 Å². The predicted octanol–water partition coefficient (Wildman–Crippen LogP) is 1.40. The molecule has 0 radical (unpaired) electrons. The number of nitrogens with zero attached hydrogens (tertiary/aromatic N) is 5. The van der Waals surface area contributed by atoms with Crippen LogP contribution in [0, 0.1) is 0 Å². The molecule has 0 saturated carbocycles. The Hall–Kier alpha value is -3.36. The summed E-state index contributed by atoms with van der Waals surface area (Å²) in [6.45, 7) is 3.27. The zero-order chi connectivity index (χ0) is 22.8. The minimum atomic E-state index is -4.81. The number of tetrazole rings is 1. The van der Waals surface area contributed by atoms with Gasteiger partial charge < -0.3 is 10.1 Å². The number of carbonyl (C=O) groups is 3. The van der Waals surface area contributed by atoms with Gasteiger partial charge in [0, 0.05) is 0 Å². The Morgan fingerprint density at radius 1 is 1.29 bits per heavy atom. The Morgan fingerprint density at radius 3 is 2.55 bits per heavy atom. The van der Waals surface area contributed by atoms with E-state index >= 15 is 0 Å². The fraction of sp³-hybridized carbons (Fsp3) is 0.375. The van der Waals surface area contributed by atoms with Crippen molar-refractivity contribution in [1.82, 2.24) is 36.0 Å². The molecule has 3 rings (SSSR count). The van der Waals surface area contributed by atoms with Crippen LogP contribution < -0.4 is 15.5 Å². The number of aromatic nitrogens is 4. The molecule has 1 fully saturated rings. The summed E-state index contributed by atoms with van der Waals surface area (Å²) in [5.74, 6) is -1.89. The number of carbonyl (C=O) groups excluding carboxylic acids is 3. The van der Waals surface area contributed by atoms with Crippen LogP contribution in [0.2, 0.25) is 0 Å². The van der Waals surface area contributed by atoms with Crippen LogP contribution in [0.5, 0.6) is 5.75 Å². The number of hydrogen-bond donors (Lipinski definition) is 2. The molecular weight excluding hydrogens is 443 g/mol. The number of halogens is 3. The number of alkyl halides is 3. The Labute approximate surface area is 177 Å². The smallest absolute Gasteiger partial charge is 0.406 e. The highest BCUT2D eigenvalue weighted by Crippen LogP contribution is 2.25. The maximum atomic E-state index is 12.3. The van der Waals surface area contributed by atoms with E-state index in [9.17, 15) is 27.6 Å². The molecule has 2 N–H and O–H groups in total. The molecule has 4 amide bonds. The third-order valence-electron chi connectivity index (χ3n) is 4.29. The van der Waals surface area contributed by atoms with E-state index < -0.39 is 35.5 Å². The monoisotopic (exact) mass is 459 g/mol. The van der Waals surface area contributed by atoms with Crippen molar-refractivity contribution in [3.8, 4) is 11.4 Å². The van der Waals surface area contributed by atoms with Crippen LogP contribution in [0.1, 0.15) is 20.3 Å². The van der Waals surface area contributed by atoms with Gasteiger partial charge in [-0.25, -0.2) is 4.79 Å². The predicted molar refractivity (Wildman–Crippen MR) is 98.8 cm³/mol. The standard InChI is InChI=1S/C16H16F3N7O4S/c1-3-15(2)12(28)26(13(29)20-15)22-11(27)8-31-14-21-23-24-25(14)9-4-6-10(7-5-9)30-16(17,18)19/h4-7H,3,8H2,1-2H3,(H,20,29)(H,22,27). The maximum Gasteiger partial charge on any atom is 0.573 e. The number of urea groups is 1. The molecule has 2 heterocycles. The van der Waals surface area contributed by atoms with Gasteiger partial charge in [-0.1, -0.05) is 18.7 Å². The van der Waals surface area contributed by atoms with Gasteiger partial charge in [0.1, 0.15) is 11.3 Å². The van der Waals surface area contributed by atoms with E-state index in [4.69, 9.17) is 0 Å². The number of hydrogen-bond acceptors (Lipinski definition) is 8. The van der Waals surface area contributed by atoms with Crippen molar-refractivity contribution >= 4 is 29.6 Å². The molecular formula is C16H16F3N7O4S. The summed E-state index contributed by atoms with van der Waals surface area (Å²) in [4.78, 5) is 36.4. The van der Waals surface area contributed by atoms with Crippen molar-refractivity contribution in [2.75, 3.05) is 5.75 Å². The van der Waals surface area contributed by atoms with Crippen molar-refractivity contribution in [2.24, 2.45) is 0 Å². The van der Waals surface area contributed by atoms with Crippen LogP contribution in [0.15, 0.2) is 29.4 Å². The van der Waals surface area contributed by atoms with Gasteiger partial charge in [-0.2, -0.15) is 9.69 Å². The van der Waals surface area contributed by atoms with E-state index in [0.29, 0.717) is 17.1 Å². The fourth-order valence-corrected chi connectivity index (χ4v) is 3.22. The van der Waals surface area contributed by atoms with E-state index in [1.165, 1.54) is 16.8 Å². The van der Waals surface area contributed by atoms with Crippen molar-refractivity contribution < 1.29 is 32.3 Å². The molecule has 1 aromatic heterocycles. The van der Waals surface area contributed by atoms with E-state index in [-0.39, 0.29) is 10.9 Å². The minimum absolute atomic E-state index is 0.162. The number of ether oxygens (including phenoxy) is 1. The lowest BCUT2D eigenvalue weighted by molar-refractivity contribution is -0.274. The summed E-state index contributed by atoms with van der Waals surface area (Å²) in [5, 5.41) is 14.3. The van der Waals surface area contributed by atoms with Crippen LogP contribution in [-0.4, -0.2) is 60.7 Å². The van der Waals surface area contributed by atoms with Gasteiger partial charge in [0.2, 0.25) is 11.1 Å². The number of imide groups is 1. The quantitative estimate of drug-likeness (QED) is 0.469. The number of benzene rings is 1. The van der Waals surface area contributed by atoms with Gasteiger partial charge in [-0.15, -0.1) is 18.3 Å². The summed E-state index contributed by atoms with van der Waals surface area (Å²) < 4.78 is 41.8. The summed E-state index contributed by atoms with van der Waals surface area (Å²) >= 11 is 0.896. The molecule has 2 aromatic rings. The third kappa shape index (κ3) is 5.04. The molecule has 1 aliphatic rings. The third-order valence-corrected chi connectivity index (χ3v) is 5.21. The highest BCUT2D eigenvalue weighted by Gasteiger charge is 2.47. The number of amides is 4. The molecule has 1 saturated heterocycles. The molecule has 1 atom stereocenters. The summed E-state index contributed by atoms with van der Waals surface area (Å²) in [5.41, 5.74) is 1.47. The molecule has 0 bridgehead atoms. The molecule has 166 valence electrons. The molecule has 0 spiro atoms. The van der Waals surface area contributed by atoms with Crippen molar-refractivity contribution in [1.29, 1.82) is 0 Å². The molecule has 11 nitrogen and oxygen atoms in total. The molecule has 1 unspecified atom stereocenters. The fourth-order valence-electron chi connectivity index (χ4n) is 2.53. The van der Waals surface area contributed by atoms with Crippen LogP contribution in [0.4, 0.5) is 18.0 Å². The molecule has 1 aromatic carbocycles. The second-order valence-corrected chi connectivity index (χ2v) is 7.44. The Kier molecular flexibility index (Phi) is 6.06. The van der Waals surface area contributed by atoms with Crippen LogP contribution >= 0.6 is 11.8 Å². The summed E-state index contributed by atoms with van der Waals surface area (Å²) in [6.07, 6.45) is -4.47. The maximum absolute atomic E-state index is 12.3. The second-order valence-electron chi connectivity index (χ2n) is 6.49. The zero-order valence-electron chi connectivity index (χ0n) is 16.1. The lowest BCUT2D eigenvalue weighted by atomic mass is 10.00. The van der Waals surface area contributed by atoms with Gasteiger partial charge in [0.15, 0.2) is 0 Å². The van der Waals surface area contributed by atoms with Crippen LogP contribution in [0.3, 0.4) is 0 Å². The van der Waals surface area contributed by atoms with Gasteiger partial charge in [-0.05, 0) is 48.0 Å². The summed E-state index contributed by atoms with van der Waals surface area (Å²) in [7, 11) is 0. The van der Waals surface area contributed by atoms with Crippen molar-refractivity contribution in [3.05, 3.63) is 24.3 Å². The lowest BCUT2D eigenvalue weighted by Crippen LogP contribution is -2.49. The van der Waals surface area contributed by atoms with Crippen molar-refractivity contribution in [3.63, 3.8) is 0 Å². The Bertz CT molecular complexity index is 998. The molecule has 0 aliphatic carbocycles. The zero-order valence-corrected chi connectivity index (χ0v) is 17.0. The first-order valence-corrected chi connectivity index (χ1v) is 9.74. The van der Waals surface area contributed by atoms with E-state index in [0.717, 1.165) is 23.9 Å². The summed E-state index contributed by atoms with van der Waals surface area (Å²) in [6, 6.07) is 4.06. The molecule has 31 heavy (non-hydrogen) atoms. The lowest BCUT2D eigenvalue weighted by Gasteiger charge is -2.19. The number of nitrogens with one attached hydrogen (secondary N) is 2. The van der Waals surface area contributed by atoms with Gasteiger partial charge >= 0.3 is 12.4 Å². The second kappa shape index (κ2) is 8.41. The Morgan fingerprint density at radius 2 is 1.97 bits per heavy atom. The first-order chi connectivity index (χ1) is 14.5. The largest absolute Gasteiger partial charge is 0.573 e. The first kappa shape index (κ1) is 22.3. The van der Waals surface area contributed by atoms with Gasteiger partial charge in [0.05, 0.1) is 11.4 Å². The SMILES string of the molecule is CCC1(C)NC(=O)N(NC(=O)CSc2nnnn2-c2ccc(OC(F)(F)F)cc2)C1=O. The molecule has 1 aliphatic heterocycles. The average Bonchev–Trinajstić information content (AvgIpc) is 3.25. The van der Waals surface area contributed by atoms with Gasteiger partial charge in [0.25, 0.3) is 5.91 Å². The number of thioether (sulfide) groups is 1. The Balaban J connectivity index is 1.61. The minimum Gasteiger partial charge on any atom is -0.406 e. The highest BCUT2D eigenvalue weighted by molar-refractivity contribution is 7.99. The average molecular weight is 459 g/mol. The normalized spacial score (nSPS) is 18.8. The van der Waals surface area contributed by atoms with E-state index in [1.807, 2.05) is 0 Å². The van der Waals surface area contributed by atoms with Crippen LogP contribution in [-0.2, 0) is 9.59 Å². The molecule has 15 heteroatoms. The number of hydrazine groups is 1. The van der Waals surface area contributed by atoms with E-state index in [1.54, 1.807) is 13.8 Å². The van der Waals surface area contributed by atoms with E-state index in [2.05, 4.69) is 31.0 Å². The number of rotatable bonds is 7.